The quantitative estimate of drug-likeness (QED) is 0.633. The van der Waals surface area contributed by atoms with Crippen LogP contribution in [-0.4, -0.2) is 9.97 Å². The Morgan fingerprint density at radius 3 is 2.82 bits per heavy atom. The van der Waals surface area contributed by atoms with Crippen LogP contribution in [0, 0.1) is 6.92 Å². The van der Waals surface area contributed by atoms with E-state index < -0.39 is 0 Å². The predicted octanol–water partition coefficient (Wildman–Crippen LogP) is 3.81. The summed E-state index contributed by atoms with van der Waals surface area (Å²) >= 11 is 0. The summed E-state index contributed by atoms with van der Waals surface area (Å²) in [5.41, 5.74) is 4.93. The molecule has 0 spiro atoms. The van der Waals surface area contributed by atoms with E-state index in [0.717, 1.165) is 27.7 Å². The number of nitrogens with zero attached hydrogens (tertiary/aromatic N) is 2. The first-order valence-corrected chi connectivity index (χ1v) is 5.80. The van der Waals surface area contributed by atoms with Gasteiger partial charge in [0.1, 0.15) is 5.52 Å². The molecule has 0 atom stereocenters. The lowest BCUT2D eigenvalue weighted by Gasteiger charge is -2.07. The maximum absolute atomic E-state index is 5.51. The van der Waals surface area contributed by atoms with Gasteiger partial charge in [0.05, 0.1) is 11.2 Å². The molecule has 0 fully saturated rings. The summed E-state index contributed by atoms with van der Waals surface area (Å²) in [6.07, 6.45) is 1.50. The van der Waals surface area contributed by atoms with Gasteiger partial charge in [0.25, 0.3) is 0 Å². The molecule has 3 rings (SSSR count). The van der Waals surface area contributed by atoms with Gasteiger partial charge < -0.3 is 4.42 Å². The molecule has 17 heavy (non-hydrogen) atoms. The molecule has 2 aromatic heterocycles. The largest absolute Gasteiger partial charge is 0.443 e. The molecule has 86 valence electrons. The summed E-state index contributed by atoms with van der Waals surface area (Å²) < 4.78 is 5.51. The topological polar surface area (TPSA) is 38.9 Å². The second kappa shape index (κ2) is 3.55. The van der Waals surface area contributed by atoms with Crippen molar-refractivity contribution in [2.75, 3.05) is 0 Å². The lowest BCUT2D eigenvalue weighted by Crippen LogP contribution is -1.95. The molecule has 0 saturated carbocycles. The first-order valence-electron chi connectivity index (χ1n) is 5.80. The Bertz CT molecular complexity index is 698. The number of aryl methyl sites for hydroxylation is 1. The molecule has 0 N–H and O–H groups in total. The van der Waals surface area contributed by atoms with Gasteiger partial charge >= 0.3 is 0 Å². The molecule has 3 aromatic rings. The van der Waals surface area contributed by atoms with Gasteiger partial charge in [-0.3, -0.25) is 4.98 Å². The highest BCUT2D eigenvalue weighted by molar-refractivity contribution is 6.01. The Labute approximate surface area is 99.5 Å². The molecule has 2 heterocycles. The van der Waals surface area contributed by atoms with Crippen LogP contribution in [0.2, 0.25) is 0 Å². The van der Waals surface area contributed by atoms with E-state index >= 15 is 0 Å². The molecule has 0 aliphatic heterocycles. The maximum atomic E-state index is 5.51. The second-order valence-electron chi connectivity index (χ2n) is 4.70. The number of fused-ring (bicyclic) bond motifs is 3. The van der Waals surface area contributed by atoms with Crippen LogP contribution in [0.3, 0.4) is 0 Å². The van der Waals surface area contributed by atoms with Gasteiger partial charge in [-0.1, -0.05) is 19.9 Å². The van der Waals surface area contributed by atoms with Gasteiger partial charge in [-0.15, -0.1) is 0 Å². The van der Waals surface area contributed by atoms with Crippen LogP contribution in [0.4, 0.5) is 0 Å². The SMILES string of the molecule is Cc1ccc2c(c1)nc(C(C)C)c1ncoc12. The van der Waals surface area contributed by atoms with Gasteiger partial charge in [-0.05, 0) is 30.5 Å². The van der Waals surface area contributed by atoms with E-state index in [1.54, 1.807) is 0 Å². The fourth-order valence-corrected chi connectivity index (χ4v) is 2.13. The third-order valence-electron chi connectivity index (χ3n) is 3.00. The third-order valence-corrected chi connectivity index (χ3v) is 3.00. The summed E-state index contributed by atoms with van der Waals surface area (Å²) in [5, 5.41) is 1.03. The summed E-state index contributed by atoms with van der Waals surface area (Å²) in [7, 11) is 0. The fraction of sp³-hybridized carbons (Fsp3) is 0.286. The molecule has 3 nitrogen and oxygen atoms in total. The Balaban J connectivity index is 2.51. The highest BCUT2D eigenvalue weighted by atomic mass is 16.3. The highest BCUT2D eigenvalue weighted by Gasteiger charge is 2.14. The van der Waals surface area contributed by atoms with E-state index in [-0.39, 0.29) is 0 Å². The zero-order chi connectivity index (χ0) is 12.0. The summed E-state index contributed by atoms with van der Waals surface area (Å²) in [4.78, 5) is 9.00. The Morgan fingerprint density at radius 1 is 1.24 bits per heavy atom. The van der Waals surface area contributed by atoms with Crippen molar-refractivity contribution in [3.63, 3.8) is 0 Å². The molecule has 0 unspecified atom stereocenters. The fourth-order valence-electron chi connectivity index (χ4n) is 2.13. The van der Waals surface area contributed by atoms with E-state index in [9.17, 15) is 0 Å². The summed E-state index contributed by atoms with van der Waals surface area (Å²) in [5.74, 6) is 0.340. The number of hydrogen-bond acceptors (Lipinski definition) is 3. The van der Waals surface area contributed by atoms with E-state index in [2.05, 4.69) is 44.0 Å². The first kappa shape index (κ1) is 10.3. The highest BCUT2D eigenvalue weighted by Crippen LogP contribution is 2.29. The molecule has 0 aliphatic rings. The van der Waals surface area contributed by atoms with Gasteiger partial charge in [-0.25, -0.2) is 4.98 Å². The summed E-state index contributed by atoms with van der Waals surface area (Å²) in [6, 6.07) is 6.21. The van der Waals surface area contributed by atoms with Crippen molar-refractivity contribution in [2.45, 2.75) is 26.7 Å². The normalized spacial score (nSPS) is 11.8. The Hall–Kier alpha value is -1.90. The summed E-state index contributed by atoms with van der Waals surface area (Å²) in [6.45, 7) is 6.32. The molecular weight excluding hydrogens is 212 g/mol. The Kier molecular flexibility index (Phi) is 2.15. The van der Waals surface area contributed by atoms with Crippen molar-refractivity contribution < 1.29 is 4.42 Å². The third kappa shape index (κ3) is 1.50. The van der Waals surface area contributed by atoms with E-state index in [0.29, 0.717) is 5.92 Å². The molecule has 0 bridgehead atoms. The molecule has 0 radical (unpaired) electrons. The minimum Gasteiger partial charge on any atom is -0.443 e. The van der Waals surface area contributed by atoms with Crippen LogP contribution < -0.4 is 0 Å². The van der Waals surface area contributed by atoms with E-state index in [4.69, 9.17) is 9.40 Å². The number of benzene rings is 1. The van der Waals surface area contributed by atoms with Crippen molar-refractivity contribution in [1.29, 1.82) is 0 Å². The van der Waals surface area contributed by atoms with Crippen LogP contribution in [0.15, 0.2) is 29.0 Å². The van der Waals surface area contributed by atoms with E-state index in [1.807, 2.05) is 0 Å². The number of aromatic nitrogens is 2. The molecule has 1 aromatic carbocycles. The zero-order valence-electron chi connectivity index (χ0n) is 10.2. The van der Waals surface area contributed by atoms with Crippen molar-refractivity contribution >= 4 is 22.0 Å². The Morgan fingerprint density at radius 2 is 2.06 bits per heavy atom. The number of pyridine rings is 1. The number of rotatable bonds is 1. The average Bonchev–Trinajstić information content (AvgIpc) is 2.76. The smallest absolute Gasteiger partial charge is 0.182 e. The van der Waals surface area contributed by atoms with Gasteiger partial charge in [0, 0.05) is 5.39 Å². The molecule has 0 aliphatic carbocycles. The van der Waals surface area contributed by atoms with Crippen LogP contribution in [0.5, 0.6) is 0 Å². The number of oxazole rings is 1. The molecular formula is C14H14N2O. The average molecular weight is 226 g/mol. The van der Waals surface area contributed by atoms with Gasteiger partial charge in [0.15, 0.2) is 12.0 Å². The first-order chi connectivity index (χ1) is 8.16. The zero-order valence-corrected chi connectivity index (χ0v) is 10.2. The monoisotopic (exact) mass is 226 g/mol. The van der Waals surface area contributed by atoms with Crippen LogP contribution in [0.25, 0.3) is 22.0 Å². The van der Waals surface area contributed by atoms with E-state index in [1.165, 1.54) is 12.0 Å². The minimum absolute atomic E-state index is 0.340. The lowest BCUT2D eigenvalue weighted by atomic mass is 10.1. The van der Waals surface area contributed by atoms with Gasteiger partial charge in [0.2, 0.25) is 0 Å². The molecule has 0 saturated heterocycles. The number of hydrogen-bond donors (Lipinski definition) is 0. The standard InChI is InChI=1S/C14H14N2O/c1-8(2)12-13-14(17-7-15-13)10-5-4-9(3)6-11(10)16-12/h4-8H,1-3H3. The minimum atomic E-state index is 0.340. The predicted molar refractivity (Wildman–Crippen MR) is 68.1 cm³/mol. The molecule has 0 amide bonds. The molecule has 3 heteroatoms. The lowest BCUT2D eigenvalue weighted by molar-refractivity contribution is 0.605. The van der Waals surface area contributed by atoms with Gasteiger partial charge in [-0.2, -0.15) is 0 Å². The maximum Gasteiger partial charge on any atom is 0.182 e. The van der Waals surface area contributed by atoms with Crippen molar-refractivity contribution in [3.8, 4) is 0 Å². The second-order valence-corrected chi connectivity index (χ2v) is 4.70. The van der Waals surface area contributed by atoms with Crippen LogP contribution in [0.1, 0.15) is 31.0 Å². The van der Waals surface area contributed by atoms with Crippen LogP contribution >= 0.6 is 0 Å². The van der Waals surface area contributed by atoms with Crippen molar-refractivity contribution in [2.24, 2.45) is 0 Å². The van der Waals surface area contributed by atoms with Crippen molar-refractivity contribution in [1.82, 2.24) is 9.97 Å². The van der Waals surface area contributed by atoms with Crippen LogP contribution in [-0.2, 0) is 0 Å². The van der Waals surface area contributed by atoms with Crippen molar-refractivity contribution in [3.05, 3.63) is 35.9 Å².